The van der Waals surface area contributed by atoms with E-state index in [0.717, 1.165) is 12.1 Å². The SMILES string of the molecule is N#Cc1c(F)cccc1Oc1c(F)cc(C(=O)O)cc1F. The maximum Gasteiger partial charge on any atom is 0.335 e. The van der Waals surface area contributed by atoms with Crippen LogP contribution in [0.4, 0.5) is 13.2 Å². The Morgan fingerprint density at radius 3 is 2.29 bits per heavy atom. The Kier molecular flexibility index (Phi) is 3.80. The summed E-state index contributed by atoms with van der Waals surface area (Å²) in [5.41, 5.74) is -1.12. The van der Waals surface area contributed by atoms with Crippen LogP contribution in [0.5, 0.6) is 11.5 Å². The number of hydrogen-bond acceptors (Lipinski definition) is 3. The molecule has 0 saturated heterocycles. The molecule has 21 heavy (non-hydrogen) atoms. The van der Waals surface area contributed by atoms with Gasteiger partial charge in [0.1, 0.15) is 23.2 Å². The average Bonchev–Trinajstić information content (AvgIpc) is 2.42. The van der Waals surface area contributed by atoms with Gasteiger partial charge in [-0.3, -0.25) is 0 Å². The van der Waals surface area contributed by atoms with Gasteiger partial charge < -0.3 is 9.84 Å². The zero-order chi connectivity index (χ0) is 15.6. The van der Waals surface area contributed by atoms with Crippen molar-refractivity contribution in [3.05, 3.63) is 58.9 Å². The van der Waals surface area contributed by atoms with Crippen LogP contribution in [0.25, 0.3) is 0 Å². The number of hydrogen-bond donors (Lipinski definition) is 1. The molecule has 0 aliphatic heterocycles. The minimum Gasteiger partial charge on any atom is -0.478 e. The highest BCUT2D eigenvalue weighted by Gasteiger charge is 2.19. The fourth-order valence-electron chi connectivity index (χ4n) is 1.59. The molecule has 0 spiro atoms. The highest BCUT2D eigenvalue weighted by Crippen LogP contribution is 2.31. The topological polar surface area (TPSA) is 70.3 Å². The summed E-state index contributed by atoms with van der Waals surface area (Å²) in [6.07, 6.45) is 0. The predicted molar refractivity (Wildman–Crippen MR) is 64.5 cm³/mol. The van der Waals surface area contributed by atoms with Crippen molar-refractivity contribution in [2.75, 3.05) is 0 Å². The highest BCUT2D eigenvalue weighted by atomic mass is 19.1. The standard InChI is InChI=1S/C14H6F3NO3/c15-9-2-1-3-12(8(9)6-18)21-13-10(16)4-7(14(19)20)5-11(13)17/h1-5H,(H,19,20). The van der Waals surface area contributed by atoms with Crippen LogP contribution in [0, 0.1) is 28.8 Å². The Morgan fingerprint density at radius 1 is 1.14 bits per heavy atom. The lowest BCUT2D eigenvalue weighted by Gasteiger charge is -2.10. The van der Waals surface area contributed by atoms with Crippen LogP contribution in [-0.4, -0.2) is 11.1 Å². The van der Waals surface area contributed by atoms with Gasteiger partial charge in [0.15, 0.2) is 17.4 Å². The van der Waals surface area contributed by atoms with Crippen LogP contribution in [0.15, 0.2) is 30.3 Å². The fraction of sp³-hybridized carbons (Fsp3) is 0. The normalized spacial score (nSPS) is 10.0. The summed E-state index contributed by atoms with van der Waals surface area (Å²) in [4.78, 5) is 10.7. The molecular formula is C14H6F3NO3. The molecular weight excluding hydrogens is 287 g/mol. The summed E-state index contributed by atoms with van der Waals surface area (Å²) in [6, 6.07) is 5.99. The molecule has 1 N–H and O–H groups in total. The Balaban J connectivity index is 2.49. The second-order valence-corrected chi connectivity index (χ2v) is 3.90. The van der Waals surface area contributed by atoms with Crippen molar-refractivity contribution in [1.82, 2.24) is 0 Å². The molecule has 2 aromatic rings. The van der Waals surface area contributed by atoms with E-state index in [2.05, 4.69) is 0 Å². The number of carboxylic acid groups (broad SMARTS) is 1. The number of halogens is 3. The summed E-state index contributed by atoms with van der Waals surface area (Å²) in [5.74, 6) is -6.26. The van der Waals surface area contributed by atoms with Gasteiger partial charge in [0, 0.05) is 0 Å². The molecule has 0 atom stereocenters. The van der Waals surface area contributed by atoms with E-state index in [1.54, 1.807) is 0 Å². The first-order valence-corrected chi connectivity index (χ1v) is 5.53. The summed E-state index contributed by atoms with van der Waals surface area (Å²) in [7, 11) is 0. The highest BCUT2D eigenvalue weighted by molar-refractivity contribution is 5.87. The number of benzene rings is 2. The first-order chi connectivity index (χ1) is 9.93. The molecule has 4 nitrogen and oxygen atoms in total. The Labute approximate surface area is 116 Å². The maximum absolute atomic E-state index is 13.7. The third kappa shape index (κ3) is 2.79. The van der Waals surface area contributed by atoms with E-state index >= 15 is 0 Å². The first kappa shape index (κ1) is 14.4. The minimum absolute atomic E-state index is 0.377. The van der Waals surface area contributed by atoms with Crippen molar-refractivity contribution in [3.8, 4) is 17.6 Å². The molecule has 0 radical (unpaired) electrons. The largest absolute Gasteiger partial charge is 0.478 e. The van der Waals surface area contributed by atoms with Gasteiger partial charge in [-0.25, -0.2) is 18.0 Å². The van der Waals surface area contributed by atoms with Gasteiger partial charge in [-0.1, -0.05) is 6.07 Å². The Bertz CT molecular complexity index is 746. The zero-order valence-electron chi connectivity index (χ0n) is 10.2. The van der Waals surface area contributed by atoms with Crippen molar-refractivity contribution in [2.45, 2.75) is 0 Å². The minimum atomic E-state index is -1.51. The third-order valence-corrected chi connectivity index (χ3v) is 2.54. The molecule has 0 amide bonds. The predicted octanol–water partition coefficient (Wildman–Crippen LogP) is 3.47. The molecule has 0 unspecified atom stereocenters. The lowest BCUT2D eigenvalue weighted by molar-refractivity contribution is 0.0695. The molecule has 0 saturated carbocycles. The molecule has 0 aromatic heterocycles. The van der Waals surface area contributed by atoms with Gasteiger partial charge >= 0.3 is 5.97 Å². The van der Waals surface area contributed by atoms with Crippen molar-refractivity contribution >= 4 is 5.97 Å². The van der Waals surface area contributed by atoms with E-state index < -0.39 is 40.3 Å². The van der Waals surface area contributed by atoms with Crippen molar-refractivity contribution in [1.29, 1.82) is 5.26 Å². The maximum atomic E-state index is 13.7. The summed E-state index contributed by atoms with van der Waals surface area (Å²) in [6.45, 7) is 0. The van der Waals surface area contributed by atoms with E-state index in [4.69, 9.17) is 15.1 Å². The van der Waals surface area contributed by atoms with E-state index in [1.807, 2.05) is 0 Å². The van der Waals surface area contributed by atoms with Crippen LogP contribution in [-0.2, 0) is 0 Å². The van der Waals surface area contributed by atoms with E-state index in [-0.39, 0.29) is 5.75 Å². The number of nitrogens with zero attached hydrogens (tertiary/aromatic N) is 1. The van der Waals surface area contributed by atoms with Crippen LogP contribution in [0.1, 0.15) is 15.9 Å². The average molecular weight is 293 g/mol. The van der Waals surface area contributed by atoms with Crippen LogP contribution >= 0.6 is 0 Å². The van der Waals surface area contributed by atoms with Gasteiger partial charge in [0.25, 0.3) is 0 Å². The van der Waals surface area contributed by atoms with Gasteiger partial charge in [-0.2, -0.15) is 5.26 Å². The van der Waals surface area contributed by atoms with E-state index in [9.17, 15) is 18.0 Å². The van der Waals surface area contributed by atoms with Crippen LogP contribution in [0.3, 0.4) is 0 Å². The molecule has 0 bridgehead atoms. The van der Waals surface area contributed by atoms with Gasteiger partial charge in [-0.05, 0) is 24.3 Å². The molecule has 7 heteroatoms. The smallest absolute Gasteiger partial charge is 0.335 e. The van der Waals surface area contributed by atoms with Gasteiger partial charge in [-0.15, -0.1) is 0 Å². The fourth-order valence-corrected chi connectivity index (χ4v) is 1.59. The second-order valence-electron chi connectivity index (χ2n) is 3.90. The number of aromatic carboxylic acids is 1. The Morgan fingerprint density at radius 2 is 1.76 bits per heavy atom. The number of nitriles is 1. The third-order valence-electron chi connectivity index (χ3n) is 2.54. The first-order valence-electron chi connectivity index (χ1n) is 5.53. The van der Waals surface area contributed by atoms with Crippen molar-refractivity contribution in [2.24, 2.45) is 0 Å². The lowest BCUT2D eigenvalue weighted by Crippen LogP contribution is -2.02. The van der Waals surface area contributed by atoms with Crippen molar-refractivity contribution < 1.29 is 27.8 Å². The van der Waals surface area contributed by atoms with Gasteiger partial charge in [0.05, 0.1) is 5.56 Å². The molecule has 0 aliphatic rings. The van der Waals surface area contributed by atoms with Crippen LogP contribution < -0.4 is 4.74 Å². The number of rotatable bonds is 3. The quantitative estimate of drug-likeness (QED) is 0.940. The number of ether oxygens (including phenoxy) is 1. The van der Waals surface area contributed by atoms with E-state index in [1.165, 1.54) is 12.1 Å². The summed E-state index contributed by atoms with van der Waals surface area (Å²) in [5, 5.41) is 17.5. The molecule has 0 aliphatic carbocycles. The number of carbonyl (C=O) groups is 1. The van der Waals surface area contributed by atoms with Crippen molar-refractivity contribution in [3.63, 3.8) is 0 Å². The molecule has 2 rings (SSSR count). The monoisotopic (exact) mass is 293 g/mol. The van der Waals surface area contributed by atoms with Gasteiger partial charge in [0.2, 0.25) is 0 Å². The Hall–Kier alpha value is -3.01. The molecule has 0 heterocycles. The second kappa shape index (κ2) is 5.54. The summed E-state index contributed by atoms with van der Waals surface area (Å²) < 4.78 is 45.6. The van der Waals surface area contributed by atoms with E-state index in [0.29, 0.717) is 12.1 Å². The lowest BCUT2D eigenvalue weighted by atomic mass is 10.2. The van der Waals surface area contributed by atoms with Crippen LogP contribution in [0.2, 0.25) is 0 Å². The number of carboxylic acids is 1. The molecule has 106 valence electrons. The summed E-state index contributed by atoms with van der Waals surface area (Å²) >= 11 is 0. The molecule has 0 fully saturated rings. The molecule has 2 aromatic carbocycles. The zero-order valence-corrected chi connectivity index (χ0v) is 10.2.